The van der Waals surface area contributed by atoms with Gasteiger partial charge in [-0.2, -0.15) is 0 Å². The third-order valence-corrected chi connectivity index (χ3v) is 3.65. The van der Waals surface area contributed by atoms with Gasteiger partial charge in [-0.05, 0) is 25.7 Å². The molecule has 0 heterocycles. The number of carbonyl (C=O) groups excluding carboxylic acids is 3. The molecule has 144 valence electrons. The van der Waals surface area contributed by atoms with E-state index in [9.17, 15) is 14.4 Å². The zero-order valence-corrected chi connectivity index (χ0v) is 15.1. The molecule has 3 atom stereocenters. The van der Waals surface area contributed by atoms with Crippen molar-refractivity contribution >= 4 is 24.1 Å². The zero-order chi connectivity index (χ0) is 19.4. The van der Waals surface area contributed by atoms with Crippen molar-refractivity contribution in [3.63, 3.8) is 0 Å². The summed E-state index contributed by atoms with van der Waals surface area (Å²) < 4.78 is 0. The third-order valence-electron chi connectivity index (χ3n) is 3.65. The third kappa shape index (κ3) is 10.3. The van der Waals surface area contributed by atoms with Crippen molar-refractivity contribution in [3.05, 3.63) is 0 Å². The van der Waals surface area contributed by atoms with Crippen LogP contribution in [0.5, 0.6) is 0 Å². The summed E-state index contributed by atoms with van der Waals surface area (Å²) in [6.07, 6.45) is 1.69. The smallest absolute Gasteiger partial charge is 0.240 e. The van der Waals surface area contributed by atoms with Gasteiger partial charge in [-0.25, -0.2) is 0 Å². The molecule has 25 heavy (non-hydrogen) atoms. The Labute approximate surface area is 148 Å². The molecule has 0 fully saturated rings. The van der Waals surface area contributed by atoms with E-state index in [2.05, 4.69) is 21.3 Å². The molecule has 0 aliphatic heterocycles. The molecule has 0 aliphatic rings. The molecule has 0 saturated heterocycles. The maximum atomic E-state index is 12.1. The van der Waals surface area contributed by atoms with Gasteiger partial charge in [-0.1, -0.05) is 13.8 Å². The second kappa shape index (κ2) is 12.2. The van der Waals surface area contributed by atoms with E-state index >= 15 is 0 Å². The summed E-state index contributed by atoms with van der Waals surface area (Å²) in [7, 11) is 0. The Hall–Kier alpha value is -2.20. The first kappa shape index (κ1) is 22.8. The first-order valence-corrected chi connectivity index (χ1v) is 8.28. The molecule has 10 heteroatoms. The van der Waals surface area contributed by atoms with Gasteiger partial charge in [0.15, 0.2) is 5.96 Å². The van der Waals surface area contributed by atoms with Crippen LogP contribution in [0, 0.1) is 11.3 Å². The predicted molar refractivity (Wildman–Crippen MR) is 95.6 cm³/mol. The molecule has 0 saturated carbocycles. The molecule has 9 N–H and O–H groups in total. The van der Waals surface area contributed by atoms with Gasteiger partial charge in [0.1, 0.15) is 12.3 Å². The quantitative estimate of drug-likeness (QED) is 0.0653. The van der Waals surface area contributed by atoms with Crippen LogP contribution in [0.1, 0.15) is 33.6 Å². The van der Waals surface area contributed by atoms with E-state index in [1.807, 2.05) is 13.8 Å². The van der Waals surface area contributed by atoms with Crippen molar-refractivity contribution < 1.29 is 14.4 Å². The average Bonchev–Trinajstić information content (AvgIpc) is 2.53. The fourth-order valence-electron chi connectivity index (χ4n) is 1.98. The highest BCUT2D eigenvalue weighted by atomic mass is 16.2. The lowest BCUT2D eigenvalue weighted by atomic mass is 10.1. The highest BCUT2D eigenvalue weighted by molar-refractivity contribution is 5.88. The summed E-state index contributed by atoms with van der Waals surface area (Å²) in [5, 5.41) is 18.2. The summed E-state index contributed by atoms with van der Waals surface area (Å²) in [5.74, 6) is -0.994. The number of guanidine groups is 1. The van der Waals surface area contributed by atoms with Crippen molar-refractivity contribution in [3.8, 4) is 0 Å². The second-order valence-corrected chi connectivity index (χ2v) is 6.16. The Morgan fingerprint density at radius 3 is 2.28 bits per heavy atom. The minimum absolute atomic E-state index is 0.145. The molecular formula is C15H31N7O3. The van der Waals surface area contributed by atoms with E-state index in [1.165, 1.54) is 0 Å². The lowest BCUT2D eigenvalue weighted by Crippen LogP contribution is -2.53. The molecule has 10 nitrogen and oxygen atoms in total. The van der Waals surface area contributed by atoms with E-state index in [1.54, 1.807) is 6.92 Å². The van der Waals surface area contributed by atoms with Gasteiger partial charge in [0.2, 0.25) is 11.8 Å². The van der Waals surface area contributed by atoms with Crippen LogP contribution in [-0.4, -0.2) is 55.4 Å². The molecule has 0 bridgehead atoms. The number of hydrogen-bond acceptors (Lipinski definition) is 6. The summed E-state index contributed by atoms with van der Waals surface area (Å²) in [4.78, 5) is 34.5. The lowest BCUT2D eigenvalue weighted by molar-refractivity contribution is -0.128. The van der Waals surface area contributed by atoms with Crippen molar-refractivity contribution in [2.24, 2.45) is 17.4 Å². The largest absolute Gasteiger partial charge is 0.370 e. The lowest BCUT2D eigenvalue weighted by Gasteiger charge is -2.21. The van der Waals surface area contributed by atoms with Gasteiger partial charge < -0.3 is 26.9 Å². The van der Waals surface area contributed by atoms with Gasteiger partial charge in [-0.15, -0.1) is 0 Å². The van der Waals surface area contributed by atoms with Gasteiger partial charge in [0, 0.05) is 13.2 Å². The van der Waals surface area contributed by atoms with E-state index in [0.29, 0.717) is 19.4 Å². The first-order chi connectivity index (χ1) is 11.7. The normalized spacial score (nSPS) is 14.4. The number of amides is 2. The van der Waals surface area contributed by atoms with Gasteiger partial charge in [0.05, 0.1) is 12.1 Å². The molecule has 0 rings (SSSR count). The number of carbonyl (C=O) groups is 3. The summed E-state index contributed by atoms with van der Waals surface area (Å²) >= 11 is 0. The van der Waals surface area contributed by atoms with E-state index in [4.69, 9.17) is 16.9 Å². The van der Waals surface area contributed by atoms with Crippen LogP contribution in [0.15, 0.2) is 0 Å². The van der Waals surface area contributed by atoms with E-state index < -0.39 is 18.0 Å². The van der Waals surface area contributed by atoms with Crippen LogP contribution >= 0.6 is 0 Å². The molecule has 0 aromatic carbocycles. The molecule has 0 aliphatic carbocycles. The van der Waals surface area contributed by atoms with Crippen LogP contribution < -0.4 is 32.7 Å². The zero-order valence-electron chi connectivity index (χ0n) is 15.1. The van der Waals surface area contributed by atoms with Gasteiger partial charge >= 0.3 is 0 Å². The summed E-state index contributed by atoms with van der Waals surface area (Å²) in [5.41, 5.74) is 10.5. The van der Waals surface area contributed by atoms with E-state index in [0.717, 1.165) is 6.29 Å². The van der Waals surface area contributed by atoms with Crippen molar-refractivity contribution in [1.29, 1.82) is 5.41 Å². The predicted octanol–water partition coefficient (Wildman–Crippen LogP) is -2.03. The Balaban J connectivity index is 4.28. The number of aldehydes is 1. The monoisotopic (exact) mass is 357 g/mol. The maximum Gasteiger partial charge on any atom is 0.240 e. The SMILES string of the molecule is CC(C)[C@@H](C=O)NCN[C@@H](C)C(=O)N[C@@H](CCCNC(=N)N)C(N)=O. The van der Waals surface area contributed by atoms with Crippen molar-refractivity contribution in [2.75, 3.05) is 13.2 Å². The average molecular weight is 357 g/mol. The fourth-order valence-corrected chi connectivity index (χ4v) is 1.98. The fraction of sp³-hybridized carbons (Fsp3) is 0.733. The Bertz CT molecular complexity index is 456. The molecule has 0 unspecified atom stereocenters. The minimum atomic E-state index is -0.795. The Morgan fingerprint density at radius 1 is 1.16 bits per heavy atom. The molecule has 2 amide bonds. The number of nitrogens with two attached hydrogens (primary N) is 2. The number of primary amides is 1. The highest BCUT2D eigenvalue weighted by Crippen LogP contribution is 1.98. The maximum absolute atomic E-state index is 12.1. The summed E-state index contributed by atoms with van der Waals surface area (Å²) in [6, 6.07) is -1.66. The summed E-state index contributed by atoms with van der Waals surface area (Å²) in [6.45, 7) is 6.17. The molecule has 0 spiro atoms. The molecular weight excluding hydrogens is 326 g/mol. The van der Waals surface area contributed by atoms with Crippen molar-refractivity contribution in [2.45, 2.75) is 51.7 Å². The van der Waals surface area contributed by atoms with Crippen LogP contribution in [0.4, 0.5) is 0 Å². The number of nitrogens with one attached hydrogen (secondary N) is 5. The van der Waals surface area contributed by atoms with Crippen LogP contribution in [0.2, 0.25) is 0 Å². The Kier molecular flexibility index (Phi) is 11.1. The second-order valence-electron chi connectivity index (χ2n) is 6.16. The van der Waals surface area contributed by atoms with Gasteiger partial charge in [-0.3, -0.25) is 25.6 Å². The van der Waals surface area contributed by atoms with Gasteiger partial charge in [0.25, 0.3) is 0 Å². The first-order valence-electron chi connectivity index (χ1n) is 8.28. The Morgan fingerprint density at radius 2 is 1.80 bits per heavy atom. The highest BCUT2D eigenvalue weighted by Gasteiger charge is 2.21. The number of rotatable bonds is 13. The minimum Gasteiger partial charge on any atom is -0.370 e. The van der Waals surface area contributed by atoms with E-state index in [-0.39, 0.29) is 30.5 Å². The standard InChI is InChI=1S/C15H31N7O3/c1-9(2)12(7-23)21-8-20-10(3)14(25)22-11(13(16)24)5-4-6-19-15(17)18/h7,9-12,20-21H,4-6,8H2,1-3H3,(H2,16,24)(H,22,25)(H4,17,18,19)/t10-,11-,12+/m0/s1. The molecule has 0 radical (unpaired) electrons. The van der Waals surface area contributed by atoms with Crippen LogP contribution in [-0.2, 0) is 14.4 Å². The number of hydrogen-bond donors (Lipinski definition) is 7. The molecule has 0 aromatic rings. The van der Waals surface area contributed by atoms with Crippen LogP contribution in [0.3, 0.4) is 0 Å². The topological polar surface area (TPSA) is 175 Å². The van der Waals surface area contributed by atoms with Crippen LogP contribution in [0.25, 0.3) is 0 Å². The molecule has 0 aromatic heterocycles. The van der Waals surface area contributed by atoms with Crippen molar-refractivity contribution in [1.82, 2.24) is 21.3 Å².